The molecule has 0 radical (unpaired) electrons. The van der Waals surface area contributed by atoms with Crippen LogP contribution in [0.15, 0.2) is 191 Å². The Labute approximate surface area is 718 Å². The number of unbranched alkanes of at least 4 members (excludes halogenated alkanes) is 2. The molecule has 2 heterocycles. The zero-order valence-corrected chi connectivity index (χ0v) is 71.5. The second-order valence-electron chi connectivity index (χ2n) is 22.2. The van der Waals surface area contributed by atoms with Crippen molar-refractivity contribution < 1.29 is 203 Å². The molecule has 102 heavy (non-hydrogen) atoms. The number of rotatable bonds is 45. The Balaban J connectivity index is -0.00000155. The van der Waals surface area contributed by atoms with Gasteiger partial charge in [0.05, 0.1) is 12.0 Å². The second kappa shape index (κ2) is 71.6. The maximum absolute atomic E-state index is 12.7. The number of alkyl halides is 1. The third-order valence-corrected chi connectivity index (χ3v) is 18.7. The third kappa shape index (κ3) is 52.4. The van der Waals surface area contributed by atoms with E-state index in [0.29, 0.717) is 71.9 Å². The van der Waals surface area contributed by atoms with Gasteiger partial charge in [0.2, 0.25) is 6.79 Å². The number of methoxy groups -OCH3 is 2. The van der Waals surface area contributed by atoms with E-state index >= 15 is 0 Å². The Kier molecular flexibility index (Phi) is 70.5. The van der Waals surface area contributed by atoms with Crippen LogP contribution < -0.4 is 129 Å². The van der Waals surface area contributed by atoms with Crippen molar-refractivity contribution in [1.82, 2.24) is 9.80 Å². The van der Waals surface area contributed by atoms with Gasteiger partial charge in [-0.05, 0) is 114 Å². The molecule has 0 saturated carbocycles. The Morgan fingerprint density at radius 1 is 0.627 bits per heavy atom. The van der Waals surface area contributed by atoms with Crippen molar-refractivity contribution in [3.8, 4) is 0 Å². The number of esters is 3. The maximum Gasteiger partial charge on any atom is 1.00 e. The van der Waals surface area contributed by atoms with Gasteiger partial charge in [0.15, 0.2) is 0 Å². The summed E-state index contributed by atoms with van der Waals surface area (Å²) in [6.07, 6.45) is 59.6. The molecule has 4 atom stereocenters. The summed E-state index contributed by atoms with van der Waals surface area (Å²) in [5, 5.41) is 18.1. The van der Waals surface area contributed by atoms with Crippen molar-refractivity contribution in [3.63, 3.8) is 0 Å². The molecule has 2 aliphatic heterocycles. The van der Waals surface area contributed by atoms with Gasteiger partial charge < -0.3 is 35.6 Å². The third-order valence-electron chi connectivity index (χ3n) is 14.7. The number of hydrogen-bond acceptors (Lipinski definition) is 18. The Bertz CT molecular complexity index is 3000. The van der Waals surface area contributed by atoms with E-state index in [0.717, 1.165) is 113 Å². The molecule has 24 heteroatoms. The Hall–Kier alpha value is -3.62. The van der Waals surface area contributed by atoms with Crippen molar-refractivity contribution in [2.75, 3.05) is 64.4 Å². The van der Waals surface area contributed by atoms with E-state index in [9.17, 15) is 28.8 Å². The number of halogens is 3. The molecule has 2 unspecified atom stereocenters. The Morgan fingerprint density at radius 3 is 1.61 bits per heavy atom. The molecular formula is C78H106Cl2IK2N2O16S-. The molecule has 2 aliphatic rings. The fraction of sp³-hybridized carbons (Fsp3) is 0.449. The van der Waals surface area contributed by atoms with Gasteiger partial charge in [-0.2, -0.15) is 0 Å². The van der Waals surface area contributed by atoms with Crippen LogP contribution in [0, 0.1) is 5.92 Å². The van der Waals surface area contributed by atoms with E-state index in [1.807, 2.05) is 42.5 Å². The summed E-state index contributed by atoms with van der Waals surface area (Å²) in [5.74, 6) is -1.12. The van der Waals surface area contributed by atoms with E-state index in [1.54, 1.807) is 31.0 Å². The summed E-state index contributed by atoms with van der Waals surface area (Å²) in [5.41, 5.74) is 3.73. The number of ether oxygens (including phenoxy) is 6. The van der Waals surface area contributed by atoms with E-state index in [-0.39, 0.29) is 169 Å². The van der Waals surface area contributed by atoms with Crippen molar-refractivity contribution in [1.29, 1.82) is 0 Å². The molecule has 554 valence electrons. The number of piperidine rings is 2. The molecule has 0 bridgehead atoms. The second-order valence-corrected chi connectivity index (χ2v) is 26.3. The van der Waals surface area contributed by atoms with Crippen molar-refractivity contribution >= 4 is 78.3 Å². The number of nitrogens with zero attached hydrogens (tertiary/aromatic N) is 2. The topological polar surface area (TPSA) is 234 Å². The maximum atomic E-state index is 12.7. The van der Waals surface area contributed by atoms with Crippen LogP contribution in [-0.2, 0) is 66.9 Å². The number of carbonyl (C=O) groups is 7. The molecule has 2 aromatic rings. The first-order valence-electron chi connectivity index (χ1n) is 33.8. The first-order valence-corrected chi connectivity index (χ1v) is 38.3. The summed E-state index contributed by atoms with van der Waals surface area (Å²) in [7, 11) is 3.03. The number of thioether (sulfide) groups is 1. The van der Waals surface area contributed by atoms with Gasteiger partial charge in [0.1, 0.15) is 6.61 Å². The number of hydrogen-bond donors (Lipinski definition) is 1. The van der Waals surface area contributed by atoms with Crippen LogP contribution in [0.1, 0.15) is 161 Å². The number of likely N-dealkylation sites (tertiary alicyclic amines) is 2. The van der Waals surface area contributed by atoms with Crippen molar-refractivity contribution in [2.24, 2.45) is 5.92 Å². The summed E-state index contributed by atoms with van der Waals surface area (Å²) in [6, 6.07) is 14.0. The molecular weight excluding hydrogens is 1530 g/mol. The number of aliphatic carboxylic acids is 1. The van der Waals surface area contributed by atoms with Crippen molar-refractivity contribution in [3.05, 3.63) is 213 Å². The van der Waals surface area contributed by atoms with Crippen LogP contribution >= 0.6 is 35.0 Å². The van der Waals surface area contributed by atoms with Crippen LogP contribution in [0.5, 0.6) is 0 Å². The van der Waals surface area contributed by atoms with E-state index in [1.165, 1.54) is 18.8 Å². The molecule has 4 rings (SSSR count). The fourth-order valence-electron chi connectivity index (χ4n) is 9.63. The van der Waals surface area contributed by atoms with E-state index in [2.05, 4.69) is 155 Å². The van der Waals surface area contributed by atoms with Gasteiger partial charge in [-0.1, -0.05) is 165 Å². The van der Waals surface area contributed by atoms with E-state index < -0.39 is 30.7 Å². The molecule has 2 saturated heterocycles. The van der Waals surface area contributed by atoms with Crippen LogP contribution in [0.3, 0.4) is 0 Å². The average Bonchev–Trinajstić information content (AvgIpc) is 0.817. The van der Waals surface area contributed by atoms with Gasteiger partial charge >= 0.3 is 285 Å². The predicted octanol–water partition coefficient (Wildman–Crippen LogP) is 7.40. The minimum Gasteiger partial charge on any atom is -1.00 e. The normalized spacial score (nSPS) is 16.4. The minimum atomic E-state index is -0.733. The number of benzene rings is 2. The van der Waals surface area contributed by atoms with Gasteiger partial charge in [-0.3, -0.25) is 24.1 Å². The van der Waals surface area contributed by atoms with Gasteiger partial charge in [0.25, 0.3) is 12.9 Å². The van der Waals surface area contributed by atoms with Crippen LogP contribution in [0.2, 0.25) is 10.0 Å². The fourth-order valence-corrected chi connectivity index (χ4v) is 13.0. The average molecular weight is 1640 g/mol. The van der Waals surface area contributed by atoms with E-state index in [4.69, 9.17) is 66.8 Å². The standard InChI is InChI=1S/C39H52ClNO7S.C20H30O2.C18H22ClINO4.CH2O3.2K.H/c1-3-4-5-6-7-8-9-10-11-12-13-14-15-16-17-18-19-24-38(43)47-31-48-39(44)27-33-28-41(26-25-37(33)49-32-45-2)36(29-46-30-42)34-22-20-21-23-35(34)40;1-2-3-4-5-6-7-8-9-10-11-12-13-14-15-16-17-18-19-20(21)22;1-13-7-8-21(10-14(13)9-20-11-25-12-22)17(18(23)24-2)15-5-3-4-6-16(15)19;2-1-4-3;;;/h4-5,7-8,10-11,13-14,16-17,20-23,27,30,36-37H,3,6,9,12,15,18-19,24-26,28-29,31-32H2,1-2H3;3-4,6-7,9-10,12-13,16-17H,2,5,8,11,14-15,18-19H2,1H3,(H,21,22);3-6,9,12-13,17H,7-8,10-11H2,1-2H3;1,3H;;;/q;;-1;;2*+1;-1/p-1/b5-4-,8-7-,11-10-,14-13-,17-16-,33-27-;4-3-,7-6-,10-9-,13-12-,17-16+;14-9-;;;;/t36-,37?;;13?,17-;;;;/m1.0..../s1. The molecule has 18 nitrogen and oxygen atoms in total. The Morgan fingerprint density at radius 2 is 1.11 bits per heavy atom. The summed E-state index contributed by atoms with van der Waals surface area (Å²) < 4.78 is 33.3. The smallest absolute Gasteiger partial charge is 1.00 e. The summed E-state index contributed by atoms with van der Waals surface area (Å²) >= 11 is 14.1. The number of carbonyl (C=O) groups excluding carboxylic acids is 6. The van der Waals surface area contributed by atoms with Crippen molar-refractivity contribution in [2.45, 2.75) is 154 Å². The number of carboxylic acids is 1. The minimum absolute atomic E-state index is 0. The molecule has 2 fully saturated rings. The number of allylic oxidation sites excluding steroid dienone is 20. The first-order chi connectivity index (χ1) is 48.8. The first kappa shape index (κ1) is 100. The molecule has 0 amide bonds. The van der Waals surface area contributed by atoms with Gasteiger partial charge in [0, 0.05) is 49.4 Å². The summed E-state index contributed by atoms with van der Waals surface area (Å²) in [4.78, 5) is 84.4. The molecule has 0 aromatic heterocycles. The van der Waals surface area contributed by atoms with Crippen LogP contribution in [0.4, 0.5) is 0 Å². The molecule has 0 aliphatic carbocycles. The molecule has 1 N–H and O–H groups in total. The zero-order valence-electron chi connectivity index (χ0n) is 61.8. The predicted molar refractivity (Wildman–Crippen MR) is 395 cm³/mol. The molecule has 0 spiro atoms. The largest absolute Gasteiger partial charge is 1.00 e. The quantitative estimate of drug-likeness (QED) is 0.00553. The zero-order chi connectivity index (χ0) is 73.3. The van der Waals surface area contributed by atoms with Gasteiger partial charge in [-0.25, -0.2) is 4.79 Å². The molecule has 2 aromatic carbocycles. The number of carboxylic acid groups (broad SMARTS) is 1. The van der Waals surface area contributed by atoms with Crippen LogP contribution in [-0.4, -0.2) is 128 Å². The van der Waals surface area contributed by atoms with Gasteiger partial charge in [-0.15, -0.1) is 11.8 Å². The van der Waals surface area contributed by atoms with Crippen LogP contribution in [0.25, 0.3) is 0 Å². The SMILES string of the molecule is CC/C=C\C/C=C\C/C=C\C/C=C\C/C=C\CCCC(=O)OCOC(=O)/C=C1/CN([C@H](COC=O)c2ccccc2Cl)CCC1SCOC.CC/C=C\C/C=C\C/C=C\C/C=C\CC/C=C/CCC(=O)O.COC(=O)[C@H](c1ccccc1Cl)N1CCC(C)/C(=C\[I-]COC=O)C1.O=CO[O-].[H-].[K+].[K+]. The summed E-state index contributed by atoms with van der Waals surface area (Å²) in [6.45, 7) is 9.49. The monoisotopic (exact) mass is 1630 g/mol.